The number of thioether (sulfide) groups is 1. The van der Waals surface area contributed by atoms with E-state index in [1.807, 2.05) is 18.2 Å². The summed E-state index contributed by atoms with van der Waals surface area (Å²) in [7, 11) is 0. The number of hydrogen-bond donors (Lipinski definition) is 2. The number of carbonyl (C=O) groups excluding carboxylic acids is 3. The summed E-state index contributed by atoms with van der Waals surface area (Å²) >= 11 is 1.14. The molecule has 0 aliphatic carbocycles. The molecule has 2 atom stereocenters. The molecule has 0 aromatic heterocycles. The van der Waals surface area contributed by atoms with Gasteiger partial charge in [-0.2, -0.15) is 0 Å². The highest BCUT2D eigenvalue weighted by atomic mass is 32.2. The van der Waals surface area contributed by atoms with E-state index in [1.54, 1.807) is 12.1 Å². The van der Waals surface area contributed by atoms with Crippen molar-refractivity contribution in [2.75, 3.05) is 0 Å². The number of hydrogen-bond acceptors (Lipinski definition) is 5. The molecule has 0 bridgehead atoms. The van der Waals surface area contributed by atoms with Crippen molar-refractivity contribution in [3.63, 3.8) is 0 Å². The number of β-lactam (4-membered cyclic amide) rings is 1. The van der Waals surface area contributed by atoms with Crippen molar-refractivity contribution in [3.05, 3.63) is 46.5 Å². The molecule has 1 fully saturated rings. The van der Waals surface area contributed by atoms with Gasteiger partial charge in [0.15, 0.2) is 12.3 Å². The van der Waals surface area contributed by atoms with Crippen molar-refractivity contribution in [1.82, 2.24) is 10.2 Å². The molecule has 124 valence electrons. The predicted octanol–water partition coefficient (Wildman–Crippen LogP) is 0.514. The molecule has 2 amide bonds. The number of carbonyl (C=O) groups is 4. The number of amides is 2. The number of nitrogens with zero attached hydrogens (tertiary/aromatic N) is 1. The standard InChI is InChI=1S/C16H14N2O5S/c19-8-10-14(16(22)23)18-12(21)7-13(18)24-15(10)17-11(20)6-9-4-2-1-3-5-9/h1-5,8,13-14H,6-7H2,(H,17,20)(H,22,23)/t13-,14?/m1/s1. The van der Waals surface area contributed by atoms with Gasteiger partial charge in [-0.3, -0.25) is 14.4 Å². The van der Waals surface area contributed by atoms with Crippen LogP contribution in [0.15, 0.2) is 40.9 Å². The van der Waals surface area contributed by atoms with Gasteiger partial charge in [-0.1, -0.05) is 42.1 Å². The van der Waals surface area contributed by atoms with Gasteiger partial charge in [0.1, 0.15) is 0 Å². The van der Waals surface area contributed by atoms with Crippen LogP contribution in [-0.2, 0) is 25.6 Å². The first-order chi connectivity index (χ1) is 11.5. The van der Waals surface area contributed by atoms with Gasteiger partial charge in [-0.15, -0.1) is 0 Å². The van der Waals surface area contributed by atoms with Crippen molar-refractivity contribution in [2.45, 2.75) is 24.3 Å². The fraction of sp³-hybridized carbons (Fsp3) is 0.250. The van der Waals surface area contributed by atoms with Crippen molar-refractivity contribution < 1.29 is 24.3 Å². The van der Waals surface area contributed by atoms with Crippen LogP contribution in [-0.4, -0.2) is 45.5 Å². The number of carboxylic acid groups (broad SMARTS) is 1. The van der Waals surface area contributed by atoms with E-state index in [0.29, 0.717) is 6.29 Å². The normalized spacial score (nSPS) is 22.5. The van der Waals surface area contributed by atoms with E-state index in [1.165, 1.54) is 4.90 Å². The van der Waals surface area contributed by atoms with Crippen molar-refractivity contribution in [2.24, 2.45) is 0 Å². The van der Waals surface area contributed by atoms with E-state index in [2.05, 4.69) is 5.32 Å². The molecular weight excluding hydrogens is 332 g/mol. The Morgan fingerprint density at radius 2 is 2.04 bits per heavy atom. The predicted molar refractivity (Wildman–Crippen MR) is 85.6 cm³/mol. The molecule has 1 saturated heterocycles. The average Bonchev–Trinajstić information content (AvgIpc) is 2.54. The number of fused-ring (bicyclic) bond motifs is 1. The number of carboxylic acids is 1. The first-order valence-corrected chi connectivity index (χ1v) is 8.13. The lowest BCUT2D eigenvalue weighted by atomic mass is 10.0. The molecule has 1 aromatic carbocycles. The molecule has 3 rings (SSSR count). The van der Waals surface area contributed by atoms with Gasteiger partial charge >= 0.3 is 5.97 Å². The zero-order chi connectivity index (χ0) is 17.3. The van der Waals surface area contributed by atoms with Crippen LogP contribution < -0.4 is 5.32 Å². The Hall–Kier alpha value is -2.61. The third-order valence-electron chi connectivity index (χ3n) is 3.86. The number of nitrogens with one attached hydrogen (secondary N) is 1. The molecule has 1 aromatic rings. The monoisotopic (exact) mass is 346 g/mol. The van der Waals surface area contributed by atoms with Gasteiger partial charge in [0.25, 0.3) is 0 Å². The smallest absolute Gasteiger partial charge is 0.331 e. The van der Waals surface area contributed by atoms with E-state index >= 15 is 0 Å². The van der Waals surface area contributed by atoms with Crippen LogP contribution in [0.1, 0.15) is 12.0 Å². The fourth-order valence-electron chi connectivity index (χ4n) is 2.71. The van der Waals surface area contributed by atoms with Crippen molar-refractivity contribution in [3.8, 4) is 0 Å². The maximum Gasteiger partial charge on any atom is 0.331 e. The summed E-state index contributed by atoms with van der Waals surface area (Å²) in [5, 5.41) is 11.8. The zero-order valence-corrected chi connectivity index (χ0v) is 13.3. The highest BCUT2D eigenvalue weighted by Gasteiger charge is 2.50. The SMILES string of the molecule is O=CC1=C(NC(=O)Cc2ccccc2)S[C@@H]2CC(=O)N2C1C(=O)O. The molecule has 2 aliphatic rings. The largest absolute Gasteiger partial charge is 0.479 e. The molecule has 2 N–H and O–H groups in total. The number of aldehydes is 1. The van der Waals surface area contributed by atoms with E-state index in [-0.39, 0.29) is 40.6 Å². The highest BCUT2D eigenvalue weighted by Crippen LogP contribution is 2.42. The molecule has 0 spiro atoms. The molecule has 1 unspecified atom stereocenters. The van der Waals surface area contributed by atoms with Crippen LogP contribution in [0.4, 0.5) is 0 Å². The third-order valence-corrected chi connectivity index (χ3v) is 5.10. The van der Waals surface area contributed by atoms with E-state index < -0.39 is 12.0 Å². The summed E-state index contributed by atoms with van der Waals surface area (Å²) in [6.07, 6.45) is 0.701. The summed E-state index contributed by atoms with van der Waals surface area (Å²) in [6.45, 7) is 0. The summed E-state index contributed by atoms with van der Waals surface area (Å²) in [4.78, 5) is 47.8. The lowest BCUT2D eigenvalue weighted by Crippen LogP contribution is -2.61. The summed E-state index contributed by atoms with van der Waals surface area (Å²) in [5.41, 5.74) is 0.706. The lowest BCUT2D eigenvalue weighted by molar-refractivity contribution is -0.156. The van der Waals surface area contributed by atoms with Crippen LogP contribution in [0, 0.1) is 0 Å². The zero-order valence-electron chi connectivity index (χ0n) is 12.5. The van der Waals surface area contributed by atoms with E-state index in [4.69, 9.17) is 0 Å². The maximum absolute atomic E-state index is 12.2. The molecule has 0 saturated carbocycles. The van der Waals surface area contributed by atoms with E-state index in [0.717, 1.165) is 17.3 Å². The Kier molecular flexibility index (Phi) is 4.39. The van der Waals surface area contributed by atoms with Crippen LogP contribution in [0.3, 0.4) is 0 Å². The van der Waals surface area contributed by atoms with E-state index in [9.17, 15) is 24.3 Å². The molecule has 2 heterocycles. The molecule has 24 heavy (non-hydrogen) atoms. The first kappa shape index (κ1) is 16.3. The first-order valence-electron chi connectivity index (χ1n) is 7.25. The number of aliphatic carboxylic acids is 1. The van der Waals surface area contributed by atoms with Gasteiger partial charge in [0.2, 0.25) is 11.8 Å². The summed E-state index contributed by atoms with van der Waals surface area (Å²) < 4.78 is 0. The molecule has 2 aliphatic heterocycles. The Labute approximate surface area is 141 Å². The second-order valence-corrected chi connectivity index (χ2v) is 6.62. The Morgan fingerprint density at radius 3 is 2.62 bits per heavy atom. The Morgan fingerprint density at radius 1 is 1.33 bits per heavy atom. The second-order valence-electron chi connectivity index (χ2n) is 5.43. The molecular formula is C16H14N2O5S. The number of rotatable bonds is 5. The lowest BCUT2D eigenvalue weighted by Gasteiger charge is -2.47. The Bertz CT molecular complexity index is 746. The van der Waals surface area contributed by atoms with Gasteiger partial charge in [0, 0.05) is 0 Å². The maximum atomic E-state index is 12.2. The van der Waals surface area contributed by atoms with Crippen LogP contribution >= 0.6 is 11.8 Å². The van der Waals surface area contributed by atoms with Crippen molar-refractivity contribution in [1.29, 1.82) is 0 Å². The van der Waals surface area contributed by atoms with Gasteiger partial charge < -0.3 is 15.3 Å². The summed E-state index contributed by atoms with van der Waals surface area (Å²) in [6, 6.07) is 7.72. The molecule has 8 heteroatoms. The highest BCUT2D eigenvalue weighted by molar-refractivity contribution is 8.03. The fourth-order valence-corrected chi connectivity index (χ4v) is 4.03. The van der Waals surface area contributed by atoms with Crippen molar-refractivity contribution >= 4 is 35.8 Å². The third kappa shape index (κ3) is 2.92. The minimum Gasteiger partial charge on any atom is -0.479 e. The number of benzene rings is 1. The van der Waals surface area contributed by atoms with Gasteiger partial charge in [-0.05, 0) is 5.56 Å². The molecule has 7 nitrogen and oxygen atoms in total. The Balaban J connectivity index is 1.82. The minimum atomic E-state index is -1.35. The quantitative estimate of drug-likeness (QED) is 0.595. The van der Waals surface area contributed by atoms with Gasteiger partial charge in [0.05, 0.1) is 28.8 Å². The molecule has 0 radical (unpaired) electrons. The van der Waals surface area contributed by atoms with Gasteiger partial charge in [-0.25, -0.2) is 4.79 Å². The average molecular weight is 346 g/mol. The van der Waals surface area contributed by atoms with Crippen LogP contribution in [0.5, 0.6) is 0 Å². The second kappa shape index (κ2) is 6.48. The van der Waals surface area contributed by atoms with Crippen LogP contribution in [0.25, 0.3) is 0 Å². The minimum absolute atomic E-state index is 0.0989. The topological polar surface area (TPSA) is 104 Å². The summed E-state index contributed by atoms with van der Waals surface area (Å²) in [5.74, 6) is -1.94. The van der Waals surface area contributed by atoms with Crippen LogP contribution in [0.2, 0.25) is 0 Å².